The molecule has 19 heavy (non-hydrogen) atoms. The number of aryl methyl sites for hydroxylation is 2. The van der Waals surface area contributed by atoms with Crippen molar-refractivity contribution in [3.05, 3.63) is 70.8 Å². The molecule has 0 aliphatic carbocycles. The van der Waals surface area contributed by atoms with Crippen LogP contribution in [0.5, 0.6) is 0 Å². The minimum absolute atomic E-state index is 0.655. The van der Waals surface area contributed by atoms with E-state index in [1.54, 1.807) is 0 Å². The van der Waals surface area contributed by atoms with Crippen LogP contribution in [-0.4, -0.2) is 5.33 Å². The Labute approximate surface area is 125 Å². The summed E-state index contributed by atoms with van der Waals surface area (Å²) in [4.78, 5) is 0. The van der Waals surface area contributed by atoms with Crippen molar-refractivity contribution in [3.8, 4) is 0 Å². The zero-order valence-corrected chi connectivity index (χ0v) is 13.3. The predicted octanol–water partition coefficient (Wildman–Crippen LogP) is 5.10. The lowest BCUT2D eigenvalue weighted by atomic mass is 9.92. The number of alkyl halides is 1. The molecular weight excluding hydrogens is 296 g/mol. The second-order valence-electron chi connectivity index (χ2n) is 5.34. The Balaban J connectivity index is 2.07. The molecule has 0 saturated carbocycles. The molecule has 2 aromatic rings. The highest BCUT2D eigenvalue weighted by Gasteiger charge is 2.10. The SMILES string of the molecule is Cc1cccc(CC(CBr)Cc2ccccc2C)c1. The van der Waals surface area contributed by atoms with Gasteiger partial charge < -0.3 is 0 Å². The van der Waals surface area contributed by atoms with E-state index >= 15 is 0 Å². The molecule has 0 nitrogen and oxygen atoms in total. The van der Waals surface area contributed by atoms with Gasteiger partial charge in [-0.25, -0.2) is 0 Å². The van der Waals surface area contributed by atoms with Gasteiger partial charge in [-0.05, 0) is 49.3 Å². The third kappa shape index (κ3) is 4.21. The Hall–Kier alpha value is -1.08. The number of hydrogen-bond donors (Lipinski definition) is 0. The van der Waals surface area contributed by atoms with E-state index in [0.717, 1.165) is 18.2 Å². The fourth-order valence-corrected chi connectivity index (χ4v) is 2.96. The van der Waals surface area contributed by atoms with Crippen molar-refractivity contribution in [1.82, 2.24) is 0 Å². The van der Waals surface area contributed by atoms with E-state index in [9.17, 15) is 0 Å². The summed E-state index contributed by atoms with van der Waals surface area (Å²) in [6.07, 6.45) is 2.28. The van der Waals surface area contributed by atoms with Gasteiger partial charge in [0.05, 0.1) is 0 Å². The molecule has 100 valence electrons. The molecule has 2 aromatic carbocycles. The van der Waals surface area contributed by atoms with Crippen LogP contribution in [0.4, 0.5) is 0 Å². The van der Waals surface area contributed by atoms with Crippen LogP contribution in [0.2, 0.25) is 0 Å². The van der Waals surface area contributed by atoms with Crippen LogP contribution >= 0.6 is 15.9 Å². The third-order valence-electron chi connectivity index (χ3n) is 3.59. The Bertz CT molecular complexity index is 531. The Morgan fingerprint density at radius 1 is 0.947 bits per heavy atom. The zero-order chi connectivity index (χ0) is 13.7. The van der Waals surface area contributed by atoms with Gasteiger partial charge in [0.15, 0.2) is 0 Å². The highest BCUT2D eigenvalue weighted by atomic mass is 79.9. The maximum atomic E-state index is 3.67. The summed E-state index contributed by atoms with van der Waals surface area (Å²) in [7, 11) is 0. The third-order valence-corrected chi connectivity index (χ3v) is 4.51. The van der Waals surface area contributed by atoms with Gasteiger partial charge in [0.25, 0.3) is 0 Å². The number of benzene rings is 2. The second kappa shape index (κ2) is 6.91. The van der Waals surface area contributed by atoms with Crippen molar-refractivity contribution < 1.29 is 0 Å². The maximum absolute atomic E-state index is 3.67. The first kappa shape index (κ1) is 14.3. The van der Waals surface area contributed by atoms with Crippen molar-refractivity contribution in [1.29, 1.82) is 0 Å². The van der Waals surface area contributed by atoms with E-state index in [1.165, 1.54) is 22.3 Å². The molecule has 1 unspecified atom stereocenters. The summed E-state index contributed by atoms with van der Waals surface area (Å²) in [6, 6.07) is 17.6. The Morgan fingerprint density at radius 3 is 2.42 bits per heavy atom. The van der Waals surface area contributed by atoms with Crippen molar-refractivity contribution in [2.45, 2.75) is 26.7 Å². The summed E-state index contributed by atoms with van der Waals surface area (Å²) in [6.45, 7) is 4.36. The van der Waals surface area contributed by atoms with Crippen LogP contribution < -0.4 is 0 Å². The average Bonchev–Trinajstić information content (AvgIpc) is 2.40. The normalized spacial score (nSPS) is 12.4. The quantitative estimate of drug-likeness (QED) is 0.673. The van der Waals surface area contributed by atoms with Gasteiger partial charge in [0.2, 0.25) is 0 Å². The molecule has 0 aliphatic rings. The van der Waals surface area contributed by atoms with Crippen molar-refractivity contribution >= 4 is 15.9 Å². The lowest BCUT2D eigenvalue weighted by Crippen LogP contribution is -2.10. The number of hydrogen-bond acceptors (Lipinski definition) is 0. The highest BCUT2D eigenvalue weighted by Crippen LogP contribution is 2.19. The first-order valence-electron chi connectivity index (χ1n) is 6.85. The van der Waals surface area contributed by atoms with Crippen molar-refractivity contribution in [2.24, 2.45) is 5.92 Å². The molecule has 0 aromatic heterocycles. The minimum Gasteiger partial charge on any atom is -0.0925 e. The van der Waals surface area contributed by atoms with E-state index in [0.29, 0.717) is 5.92 Å². The minimum atomic E-state index is 0.655. The molecule has 0 fully saturated rings. The molecular formula is C18H21Br. The molecule has 1 atom stereocenters. The van der Waals surface area contributed by atoms with Gasteiger partial charge in [-0.15, -0.1) is 0 Å². The van der Waals surface area contributed by atoms with E-state index in [-0.39, 0.29) is 0 Å². The lowest BCUT2D eigenvalue weighted by molar-refractivity contribution is 0.589. The molecule has 0 amide bonds. The molecule has 0 N–H and O–H groups in total. The van der Waals surface area contributed by atoms with Crippen LogP contribution in [0, 0.1) is 19.8 Å². The Kier molecular flexibility index (Phi) is 5.21. The average molecular weight is 317 g/mol. The monoisotopic (exact) mass is 316 g/mol. The largest absolute Gasteiger partial charge is 0.0925 e. The number of rotatable bonds is 5. The fraction of sp³-hybridized carbons (Fsp3) is 0.333. The molecule has 0 bridgehead atoms. The van der Waals surface area contributed by atoms with Crippen LogP contribution in [0.3, 0.4) is 0 Å². The van der Waals surface area contributed by atoms with Gasteiger partial charge in [0.1, 0.15) is 0 Å². The second-order valence-corrected chi connectivity index (χ2v) is 5.99. The summed E-state index contributed by atoms with van der Waals surface area (Å²) in [5.74, 6) is 0.655. The molecule has 2 rings (SSSR count). The lowest BCUT2D eigenvalue weighted by Gasteiger charge is -2.16. The van der Waals surface area contributed by atoms with Crippen LogP contribution in [-0.2, 0) is 12.8 Å². The molecule has 0 heterocycles. The first-order chi connectivity index (χ1) is 9.19. The Morgan fingerprint density at radius 2 is 1.74 bits per heavy atom. The van der Waals surface area contributed by atoms with Gasteiger partial charge in [-0.3, -0.25) is 0 Å². The zero-order valence-electron chi connectivity index (χ0n) is 11.7. The van der Waals surface area contributed by atoms with Gasteiger partial charge >= 0.3 is 0 Å². The van der Waals surface area contributed by atoms with Gasteiger partial charge in [0, 0.05) is 5.33 Å². The predicted molar refractivity (Wildman–Crippen MR) is 87.1 cm³/mol. The molecule has 0 saturated heterocycles. The molecule has 0 radical (unpaired) electrons. The van der Waals surface area contributed by atoms with Gasteiger partial charge in [-0.1, -0.05) is 70.0 Å². The molecule has 1 heteroatoms. The fourth-order valence-electron chi connectivity index (χ4n) is 2.50. The van der Waals surface area contributed by atoms with Gasteiger partial charge in [-0.2, -0.15) is 0 Å². The van der Waals surface area contributed by atoms with E-state index in [4.69, 9.17) is 0 Å². The van der Waals surface area contributed by atoms with Crippen molar-refractivity contribution in [2.75, 3.05) is 5.33 Å². The van der Waals surface area contributed by atoms with E-state index in [1.807, 2.05) is 0 Å². The summed E-state index contributed by atoms with van der Waals surface area (Å²) < 4.78 is 0. The highest BCUT2D eigenvalue weighted by molar-refractivity contribution is 9.09. The van der Waals surface area contributed by atoms with E-state index < -0.39 is 0 Å². The topological polar surface area (TPSA) is 0 Å². The van der Waals surface area contributed by atoms with Crippen molar-refractivity contribution in [3.63, 3.8) is 0 Å². The van der Waals surface area contributed by atoms with Crippen LogP contribution in [0.25, 0.3) is 0 Å². The maximum Gasteiger partial charge on any atom is 0.00660 e. The summed E-state index contributed by atoms with van der Waals surface area (Å²) in [5, 5.41) is 1.05. The molecule has 0 spiro atoms. The summed E-state index contributed by atoms with van der Waals surface area (Å²) in [5.41, 5.74) is 5.66. The smallest absolute Gasteiger partial charge is 0.00660 e. The molecule has 0 aliphatic heterocycles. The van der Waals surface area contributed by atoms with Crippen LogP contribution in [0.1, 0.15) is 22.3 Å². The van der Waals surface area contributed by atoms with E-state index in [2.05, 4.69) is 78.3 Å². The van der Waals surface area contributed by atoms with Crippen LogP contribution in [0.15, 0.2) is 48.5 Å². The first-order valence-corrected chi connectivity index (χ1v) is 7.97. The standard InChI is InChI=1S/C18H21Br/c1-14-6-5-8-16(10-14)11-17(13-19)12-18-9-4-3-7-15(18)2/h3-10,17H,11-13H2,1-2H3. The summed E-state index contributed by atoms with van der Waals surface area (Å²) >= 11 is 3.67. The number of halogens is 1.